The molecular formula is C42H51N7O8. The summed E-state index contributed by atoms with van der Waals surface area (Å²) >= 11 is 0. The van der Waals surface area contributed by atoms with Gasteiger partial charge in [-0.3, -0.25) is 14.6 Å². The van der Waals surface area contributed by atoms with Crippen LogP contribution in [0.25, 0.3) is 16.8 Å². The molecule has 4 amide bonds. The lowest BCUT2D eigenvalue weighted by atomic mass is 9.93. The van der Waals surface area contributed by atoms with E-state index in [1.807, 2.05) is 50.9 Å². The zero-order chi connectivity index (χ0) is 40.4. The average molecular weight is 782 g/mol. The lowest BCUT2D eigenvalue weighted by Gasteiger charge is -2.37. The molecule has 4 aliphatic heterocycles. The zero-order valence-corrected chi connectivity index (χ0v) is 33.3. The zero-order valence-electron chi connectivity index (χ0n) is 33.3. The quantitative estimate of drug-likeness (QED) is 0.185. The number of likely N-dealkylation sites (tertiary alicyclic amines) is 1. The van der Waals surface area contributed by atoms with Crippen molar-refractivity contribution in [3.8, 4) is 22.8 Å². The van der Waals surface area contributed by atoms with E-state index < -0.39 is 30.3 Å². The van der Waals surface area contributed by atoms with Crippen LogP contribution in [0.15, 0.2) is 53.8 Å². The minimum Gasteiger partial charge on any atom is -0.457 e. The monoisotopic (exact) mass is 781 g/mol. The largest absolute Gasteiger partial charge is 0.457 e. The molecule has 2 aromatic carbocycles. The van der Waals surface area contributed by atoms with Crippen LogP contribution in [-0.2, 0) is 30.2 Å². The molecule has 0 aliphatic carbocycles. The Morgan fingerprint density at radius 3 is 2.19 bits per heavy atom. The number of carbonyl (C=O) groups is 4. The molecule has 4 aliphatic rings. The van der Waals surface area contributed by atoms with Crippen molar-refractivity contribution in [3.05, 3.63) is 71.3 Å². The molecule has 2 fully saturated rings. The number of carbonyl (C=O) groups excluding carboxylic acids is 4. The summed E-state index contributed by atoms with van der Waals surface area (Å²) in [5.41, 5.74) is 6.84. The van der Waals surface area contributed by atoms with Gasteiger partial charge in [-0.15, -0.1) is 0 Å². The molecule has 0 unspecified atom stereocenters. The van der Waals surface area contributed by atoms with Gasteiger partial charge in [-0.1, -0.05) is 39.8 Å². The minimum atomic E-state index is -0.755. The van der Waals surface area contributed by atoms with Crippen molar-refractivity contribution in [2.75, 3.05) is 40.5 Å². The van der Waals surface area contributed by atoms with Crippen molar-refractivity contribution in [2.45, 2.75) is 77.5 Å². The van der Waals surface area contributed by atoms with Gasteiger partial charge in [0.15, 0.2) is 0 Å². The number of allylic oxidation sites excluding steroid dienone is 1. The molecule has 0 radical (unpaired) electrons. The van der Waals surface area contributed by atoms with Gasteiger partial charge >= 0.3 is 12.2 Å². The van der Waals surface area contributed by atoms with Crippen LogP contribution in [0.3, 0.4) is 0 Å². The smallest absolute Gasteiger partial charge is 0.407 e. The second-order valence-electron chi connectivity index (χ2n) is 15.6. The van der Waals surface area contributed by atoms with Crippen LogP contribution in [0.5, 0.6) is 11.5 Å². The molecule has 0 spiro atoms. The number of aromatic amines is 1. The first-order valence-electron chi connectivity index (χ1n) is 19.6. The summed E-state index contributed by atoms with van der Waals surface area (Å²) in [6, 6.07) is 10.3. The van der Waals surface area contributed by atoms with Crippen LogP contribution < -0.4 is 15.4 Å². The number of imidazole rings is 1. The molecule has 2 saturated heterocycles. The minimum absolute atomic E-state index is 0.0997. The molecule has 1 aromatic heterocycles. The van der Waals surface area contributed by atoms with Gasteiger partial charge in [0.1, 0.15) is 35.4 Å². The summed E-state index contributed by atoms with van der Waals surface area (Å²) in [5.74, 6) is 1.58. The number of hydrogen-bond donors (Lipinski definition) is 3. The van der Waals surface area contributed by atoms with Crippen LogP contribution in [0, 0.1) is 11.8 Å². The van der Waals surface area contributed by atoms with E-state index in [2.05, 4.69) is 44.9 Å². The molecule has 5 heterocycles. The summed E-state index contributed by atoms with van der Waals surface area (Å²) in [5, 5.41) is 5.39. The number of amides is 4. The summed E-state index contributed by atoms with van der Waals surface area (Å²) in [6.45, 7) is 9.22. The van der Waals surface area contributed by atoms with Crippen LogP contribution in [-0.4, -0.2) is 108 Å². The van der Waals surface area contributed by atoms with E-state index in [1.54, 1.807) is 11.1 Å². The van der Waals surface area contributed by atoms with Gasteiger partial charge in [0, 0.05) is 43.4 Å². The maximum absolute atomic E-state index is 13.7. The summed E-state index contributed by atoms with van der Waals surface area (Å²) < 4.78 is 21.8. The number of hydrogen-bond acceptors (Lipinski definition) is 10. The molecule has 3 aromatic rings. The van der Waals surface area contributed by atoms with Gasteiger partial charge < -0.3 is 44.4 Å². The van der Waals surface area contributed by atoms with Crippen LogP contribution in [0.2, 0.25) is 0 Å². The van der Waals surface area contributed by atoms with E-state index in [0.29, 0.717) is 38.4 Å². The fourth-order valence-corrected chi connectivity index (χ4v) is 8.01. The number of methoxy groups -OCH3 is 2. The Morgan fingerprint density at radius 2 is 1.51 bits per heavy atom. The van der Waals surface area contributed by atoms with E-state index in [9.17, 15) is 19.2 Å². The molecule has 15 heteroatoms. The topological polar surface area (TPSA) is 177 Å². The second-order valence-corrected chi connectivity index (χ2v) is 15.6. The van der Waals surface area contributed by atoms with Crippen molar-refractivity contribution < 1.29 is 38.1 Å². The van der Waals surface area contributed by atoms with E-state index in [4.69, 9.17) is 23.9 Å². The van der Waals surface area contributed by atoms with Crippen LogP contribution in [0.4, 0.5) is 9.59 Å². The van der Waals surface area contributed by atoms with E-state index >= 15 is 0 Å². The molecule has 4 atom stereocenters. The van der Waals surface area contributed by atoms with Crippen LogP contribution >= 0.6 is 0 Å². The molecule has 0 saturated carbocycles. The van der Waals surface area contributed by atoms with E-state index in [0.717, 1.165) is 63.6 Å². The third-order valence-electron chi connectivity index (χ3n) is 11.2. The van der Waals surface area contributed by atoms with Crippen molar-refractivity contribution in [3.63, 3.8) is 0 Å². The number of aliphatic imine (C=N–C) groups is 1. The number of H-pyrrole nitrogens is 1. The number of rotatable bonds is 10. The lowest BCUT2D eigenvalue weighted by molar-refractivity contribution is -0.143. The number of fused-ring (bicyclic) bond motifs is 2. The number of aromatic nitrogens is 2. The highest BCUT2D eigenvalue weighted by Gasteiger charge is 2.39. The normalized spacial score (nSPS) is 19.9. The average Bonchev–Trinajstić information content (AvgIpc) is 4.02. The number of benzene rings is 2. The van der Waals surface area contributed by atoms with Gasteiger partial charge in [-0.2, -0.15) is 0 Å². The highest BCUT2D eigenvalue weighted by atomic mass is 16.5. The number of nitrogens with one attached hydrogen (secondary N) is 3. The van der Waals surface area contributed by atoms with E-state index in [-0.39, 0.29) is 36.3 Å². The fraction of sp³-hybridized carbons (Fsp3) is 0.476. The highest BCUT2D eigenvalue weighted by Crippen LogP contribution is 2.41. The first-order valence-corrected chi connectivity index (χ1v) is 19.6. The third kappa shape index (κ3) is 8.24. The maximum Gasteiger partial charge on any atom is 0.407 e. The molecule has 0 bridgehead atoms. The molecule has 3 N–H and O–H groups in total. The standard InChI is InChI=1S/C42H51N7O8/c1-23(2)36(46-41(52)54-5)39(50)48-13-7-8-32(48)30-18-29(20-43-30)25-9-10-27-17-28-16-26(11-12-34(28)57-35(27)19-25)31-21-44-38(45-31)33-22-56-15-14-49(33)40(51)37(24(3)4)47-42(53)55-6/h9-12,16,19-21,23-24,32-33,36-37H,7-8,13-15,17-18,22H2,1-6H3,(H,44,45)(H,46,52)(H,47,53)/t32-,33-,36-,37-/m0/s1. The van der Waals surface area contributed by atoms with Crippen molar-refractivity contribution >= 4 is 35.3 Å². The highest BCUT2D eigenvalue weighted by molar-refractivity contribution is 6.04. The lowest BCUT2D eigenvalue weighted by Crippen LogP contribution is -2.54. The second kappa shape index (κ2) is 16.8. The Balaban J connectivity index is 1.01. The summed E-state index contributed by atoms with van der Waals surface area (Å²) in [7, 11) is 2.57. The SMILES string of the molecule is COC(=O)N[C@H](C(=O)N1CCC[C@H]1C1=NC=C(c2ccc3c(c2)Oc2ccc(-c4cnc([C@@H]5COCCN5C(=O)[C@@H](NC(=O)OC)C(C)C)[nH]4)cc2C3)C1)C(C)C. The molecular weight excluding hydrogens is 731 g/mol. The summed E-state index contributed by atoms with van der Waals surface area (Å²) in [4.78, 5) is 67.8. The Labute approximate surface area is 332 Å². The molecule has 15 nitrogen and oxygen atoms in total. The fourth-order valence-electron chi connectivity index (χ4n) is 8.01. The Bertz CT molecular complexity index is 2090. The first-order chi connectivity index (χ1) is 27.4. The van der Waals surface area contributed by atoms with E-state index in [1.165, 1.54) is 14.2 Å². The van der Waals surface area contributed by atoms with Crippen LogP contribution in [0.1, 0.15) is 75.5 Å². The Kier molecular flexibility index (Phi) is 11.7. The number of morpholine rings is 1. The summed E-state index contributed by atoms with van der Waals surface area (Å²) in [6.07, 6.45) is 5.37. The molecule has 302 valence electrons. The number of nitrogens with zero attached hydrogens (tertiary/aromatic N) is 4. The third-order valence-corrected chi connectivity index (χ3v) is 11.2. The van der Waals surface area contributed by atoms with Gasteiger partial charge in [0.2, 0.25) is 11.8 Å². The molecule has 57 heavy (non-hydrogen) atoms. The predicted octanol–water partition coefficient (Wildman–Crippen LogP) is 5.61. The van der Waals surface area contributed by atoms with Crippen molar-refractivity contribution in [1.82, 2.24) is 30.4 Å². The number of alkyl carbamates (subject to hydrolysis) is 2. The van der Waals surface area contributed by atoms with Gasteiger partial charge in [-0.05, 0) is 71.2 Å². The van der Waals surface area contributed by atoms with Gasteiger partial charge in [-0.25, -0.2) is 14.6 Å². The number of ether oxygens (including phenoxy) is 4. The van der Waals surface area contributed by atoms with Gasteiger partial charge in [0.25, 0.3) is 0 Å². The van der Waals surface area contributed by atoms with Gasteiger partial charge in [0.05, 0.1) is 45.4 Å². The predicted molar refractivity (Wildman–Crippen MR) is 212 cm³/mol. The Morgan fingerprint density at radius 1 is 0.825 bits per heavy atom. The Hall–Kier alpha value is -5.70. The van der Waals surface area contributed by atoms with Crippen molar-refractivity contribution in [1.29, 1.82) is 0 Å². The first kappa shape index (κ1) is 39.5. The van der Waals surface area contributed by atoms with Crippen molar-refractivity contribution in [2.24, 2.45) is 16.8 Å². The maximum atomic E-state index is 13.7. The molecule has 7 rings (SSSR count).